The van der Waals surface area contributed by atoms with E-state index in [9.17, 15) is 9.90 Å². The Balaban J connectivity index is 1.68. The molecule has 1 unspecified atom stereocenters. The van der Waals surface area contributed by atoms with E-state index in [2.05, 4.69) is 15.5 Å². The number of hydrogen-bond donors (Lipinski definition) is 3. The summed E-state index contributed by atoms with van der Waals surface area (Å²) in [6.07, 6.45) is -0.499. The van der Waals surface area contributed by atoms with Crippen molar-refractivity contribution in [3.63, 3.8) is 0 Å². The molecule has 2 amide bonds. The van der Waals surface area contributed by atoms with Gasteiger partial charge in [0.15, 0.2) is 0 Å². The molecule has 1 heterocycles. The van der Waals surface area contributed by atoms with Gasteiger partial charge in [-0.3, -0.25) is 4.90 Å². The highest BCUT2D eigenvalue weighted by Gasteiger charge is 2.10. The van der Waals surface area contributed by atoms with E-state index in [0.717, 1.165) is 38.4 Å². The van der Waals surface area contributed by atoms with Crippen molar-refractivity contribution in [2.45, 2.75) is 13.0 Å². The third kappa shape index (κ3) is 5.34. The van der Waals surface area contributed by atoms with E-state index in [0.29, 0.717) is 12.2 Å². The van der Waals surface area contributed by atoms with Crippen LogP contribution >= 0.6 is 0 Å². The molecule has 0 radical (unpaired) electrons. The van der Waals surface area contributed by atoms with Crippen molar-refractivity contribution in [3.8, 4) is 0 Å². The van der Waals surface area contributed by atoms with E-state index in [-0.39, 0.29) is 6.03 Å². The second kappa shape index (κ2) is 7.97. The number of aliphatic hydroxyl groups excluding tert-OH is 1. The summed E-state index contributed by atoms with van der Waals surface area (Å²) in [5, 5.41) is 15.0. The summed E-state index contributed by atoms with van der Waals surface area (Å²) < 4.78 is 5.27. The van der Waals surface area contributed by atoms with Crippen molar-refractivity contribution in [2.75, 3.05) is 44.7 Å². The molecule has 0 spiro atoms. The zero-order valence-corrected chi connectivity index (χ0v) is 12.3. The molecule has 0 saturated carbocycles. The summed E-state index contributed by atoms with van der Waals surface area (Å²) in [4.78, 5) is 14.0. The number of benzene rings is 1. The van der Waals surface area contributed by atoms with Crippen LogP contribution in [0, 0.1) is 0 Å². The minimum atomic E-state index is -0.499. The van der Waals surface area contributed by atoms with Crippen LogP contribution < -0.4 is 10.6 Å². The number of aliphatic hydroxyl groups is 1. The Morgan fingerprint density at radius 2 is 2.00 bits per heavy atom. The van der Waals surface area contributed by atoms with E-state index >= 15 is 0 Å². The molecule has 1 aromatic carbocycles. The Labute approximate surface area is 125 Å². The highest BCUT2D eigenvalue weighted by molar-refractivity contribution is 5.89. The van der Waals surface area contributed by atoms with Gasteiger partial charge < -0.3 is 20.5 Å². The number of rotatable bonds is 5. The molecule has 2 rings (SSSR count). The van der Waals surface area contributed by atoms with E-state index < -0.39 is 6.10 Å². The number of carbonyl (C=O) groups is 1. The van der Waals surface area contributed by atoms with E-state index in [4.69, 9.17) is 4.74 Å². The van der Waals surface area contributed by atoms with Crippen molar-refractivity contribution in [3.05, 3.63) is 29.8 Å². The molecule has 1 fully saturated rings. The van der Waals surface area contributed by atoms with Crippen LogP contribution in [0.2, 0.25) is 0 Å². The van der Waals surface area contributed by atoms with Crippen LogP contribution in [0.3, 0.4) is 0 Å². The van der Waals surface area contributed by atoms with Gasteiger partial charge in [0.1, 0.15) is 0 Å². The number of anilines is 1. The first-order valence-electron chi connectivity index (χ1n) is 7.28. The number of hydrogen-bond acceptors (Lipinski definition) is 4. The summed E-state index contributed by atoms with van der Waals surface area (Å²) in [7, 11) is 0. The molecule has 1 atom stereocenters. The van der Waals surface area contributed by atoms with Crippen LogP contribution in [-0.4, -0.2) is 55.4 Å². The van der Waals surface area contributed by atoms with Gasteiger partial charge in [-0.2, -0.15) is 0 Å². The van der Waals surface area contributed by atoms with Crippen molar-refractivity contribution in [1.29, 1.82) is 0 Å². The highest BCUT2D eigenvalue weighted by atomic mass is 16.5. The standard InChI is InChI=1S/C15H23N3O3/c1-12(19)13-2-4-14(5-3-13)17-15(20)16-6-7-18-8-10-21-11-9-18/h2-5,12,19H,6-11H2,1H3,(H2,16,17,20). The lowest BCUT2D eigenvalue weighted by Crippen LogP contribution is -2.42. The maximum Gasteiger partial charge on any atom is 0.319 e. The zero-order chi connectivity index (χ0) is 15.1. The molecule has 1 aliphatic rings. The summed E-state index contributed by atoms with van der Waals surface area (Å²) in [6, 6.07) is 6.95. The molecule has 1 aliphatic heterocycles. The number of carbonyl (C=O) groups excluding carboxylic acids is 1. The predicted octanol–water partition coefficient (Wildman–Crippen LogP) is 1.19. The number of morpholine rings is 1. The summed E-state index contributed by atoms with van der Waals surface area (Å²) in [5.41, 5.74) is 1.54. The fourth-order valence-electron chi connectivity index (χ4n) is 2.17. The number of urea groups is 1. The number of ether oxygens (including phenoxy) is 1. The maximum atomic E-state index is 11.8. The summed E-state index contributed by atoms with van der Waals surface area (Å²) >= 11 is 0. The molecule has 6 nitrogen and oxygen atoms in total. The SMILES string of the molecule is CC(O)c1ccc(NC(=O)NCCN2CCOCC2)cc1. The molecule has 116 valence electrons. The minimum absolute atomic E-state index is 0.215. The van der Waals surface area contributed by atoms with Gasteiger partial charge in [-0.15, -0.1) is 0 Å². The lowest BCUT2D eigenvalue weighted by molar-refractivity contribution is 0.0388. The Morgan fingerprint density at radius 3 is 2.62 bits per heavy atom. The summed E-state index contributed by atoms with van der Waals surface area (Å²) in [5.74, 6) is 0. The second-order valence-corrected chi connectivity index (χ2v) is 5.13. The molecule has 0 bridgehead atoms. The van der Waals surface area contributed by atoms with Crippen LogP contribution in [0.5, 0.6) is 0 Å². The average molecular weight is 293 g/mol. The first-order chi connectivity index (χ1) is 10.1. The lowest BCUT2D eigenvalue weighted by atomic mass is 10.1. The van der Waals surface area contributed by atoms with Gasteiger partial charge in [0, 0.05) is 31.9 Å². The van der Waals surface area contributed by atoms with Gasteiger partial charge in [-0.1, -0.05) is 12.1 Å². The normalized spacial score (nSPS) is 17.2. The second-order valence-electron chi connectivity index (χ2n) is 5.13. The average Bonchev–Trinajstić information content (AvgIpc) is 2.49. The van der Waals surface area contributed by atoms with Crippen molar-refractivity contribution in [1.82, 2.24) is 10.2 Å². The molecular formula is C15H23N3O3. The van der Waals surface area contributed by atoms with Crippen LogP contribution in [-0.2, 0) is 4.74 Å². The minimum Gasteiger partial charge on any atom is -0.389 e. The quantitative estimate of drug-likeness (QED) is 0.762. The van der Waals surface area contributed by atoms with E-state index in [1.807, 2.05) is 0 Å². The van der Waals surface area contributed by atoms with Gasteiger partial charge in [0.25, 0.3) is 0 Å². The Bertz CT molecular complexity index is 442. The Kier molecular flexibility index (Phi) is 5.98. The first-order valence-corrected chi connectivity index (χ1v) is 7.28. The largest absolute Gasteiger partial charge is 0.389 e. The molecule has 1 aromatic rings. The van der Waals surface area contributed by atoms with Crippen LogP contribution in [0.25, 0.3) is 0 Å². The van der Waals surface area contributed by atoms with E-state index in [1.165, 1.54) is 0 Å². The fraction of sp³-hybridized carbons (Fsp3) is 0.533. The lowest BCUT2D eigenvalue weighted by Gasteiger charge is -2.26. The Morgan fingerprint density at radius 1 is 1.33 bits per heavy atom. The smallest absolute Gasteiger partial charge is 0.319 e. The topological polar surface area (TPSA) is 73.8 Å². The van der Waals surface area contributed by atoms with Gasteiger partial charge in [0.05, 0.1) is 19.3 Å². The van der Waals surface area contributed by atoms with Crippen molar-refractivity contribution in [2.24, 2.45) is 0 Å². The molecule has 1 saturated heterocycles. The number of nitrogens with one attached hydrogen (secondary N) is 2. The highest BCUT2D eigenvalue weighted by Crippen LogP contribution is 2.15. The monoisotopic (exact) mass is 293 g/mol. The molecule has 0 aliphatic carbocycles. The first kappa shape index (κ1) is 15.8. The van der Waals surface area contributed by atoms with Crippen molar-refractivity contribution < 1.29 is 14.6 Å². The van der Waals surface area contributed by atoms with Crippen LogP contribution in [0.15, 0.2) is 24.3 Å². The number of amides is 2. The van der Waals surface area contributed by atoms with Crippen molar-refractivity contribution >= 4 is 11.7 Å². The third-order valence-electron chi connectivity index (χ3n) is 3.47. The van der Waals surface area contributed by atoms with Gasteiger partial charge >= 0.3 is 6.03 Å². The predicted molar refractivity (Wildman–Crippen MR) is 81.4 cm³/mol. The van der Waals surface area contributed by atoms with E-state index in [1.54, 1.807) is 31.2 Å². The molecule has 21 heavy (non-hydrogen) atoms. The number of nitrogens with zero attached hydrogens (tertiary/aromatic N) is 1. The Hall–Kier alpha value is -1.63. The van der Waals surface area contributed by atoms with Gasteiger partial charge in [0.2, 0.25) is 0 Å². The third-order valence-corrected chi connectivity index (χ3v) is 3.47. The molecule has 3 N–H and O–H groups in total. The fourth-order valence-corrected chi connectivity index (χ4v) is 2.17. The van der Waals surface area contributed by atoms with Gasteiger partial charge in [-0.05, 0) is 24.6 Å². The molecule has 6 heteroatoms. The molecule has 0 aromatic heterocycles. The zero-order valence-electron chi connectivity index (χ0n) is 12.3. The van der Waals surface area contributed by atoms with Crippen LogP contribution in [0.1, 0.15) is 18.6 Å². The van der Waals surface area contributed by atoms with Gasteiger partial charge in [-0.25, -0.2) is 4.79 Å². The summed E-state index contributed by atoms with van der Waals surface area (Å²) in [6.45, 7) is 6.52. The maximum absolute atomic E-state index is 11.8. The molecular weight excluding hydrogens is 270 g/mol. The van der Waals surface area contributed by atoms with Crippen LogP contribution in [0.4, 0.5) is 10.5 Å².